The van der Waals surface area contributed by atoms with Crippen molar-refractivity contribution in [1.29, 1.82) is 0 Å². The van der Waals surface area contributed by atoms with E-state index in [1.807, 2.05) is 18.2 Å². The summed E-state index contributed by atoms with van der Waals surface area (Å²) in [6.45, 7) is 1.16. The predicted molar refractivity (Wildman–Crippen MR) is 114 cm³/mol. The first kappa shape index (κ1) is 20.8. The summed E-state index contributed by atoms with van der Waals surface area (Å²) in [5.41, 5.74) is 2.65. The summed E-state index contributed by atoms with van der Waals surface area (Å²) < 4.78 is 54.7. The van der Waals surface area contributed by atoms with Crippen molar-refractivity contribution in [3.8, 4) is 17.1 Å². The van der Waals surface area contributed by atoms with Gasteiger partial charge in [0.05, 0.1) is 18.9 Å². The number of piperidine rings is 1. The van der Waals surface area contributed by atoms with Crippen LogP contribution in [0.4, 0.5) is 13.2 Å². The van der Waals surface area contributed by atoms with Crippen molar-refractivity contribution in [2.45, 2.75) is 30.8 Å². The quantitative estimate of drug-likeness (QED) is 0.530. The van der Waals surface area contributed by atoms with Crippen LogP contribution in [-0.4, -0.2) is 25.1 Å². The SMILES string of the molecule is FC(F)(F)Oc1ccc(-c2ccco2)c(C2=C[C@@]3(CCCN[C@H]3c3ccccc3)OC2)c1. The Morgan fingerprint density at radius 1 is 1.00 bits per heavy atom. The number of benzene rings is 2. The van der Waals surface area contributed by atoms with Gasteiger partial charge >= 0.3 is 6.36 Å². The minimum Gasteiger partial charge on any atom is -0.464 e. The number of alkyl halides is 3. The zero-order valence-electron chi connectivity index (χ0n) is 17.2. The van der Waals surface area contributed by atoms with Gasteiger partial charge in [0.25, 0.3) is 0 Å². The van der Waals surface area contributed by atoms with E-state index in [2.05, 4.69) is 28.3 Å². The van der Waals surface area contributed by atoms with Crippen LogP contribution in [0.3, 0.4) is 0 Å². The van der Waals surface area contributed by atoms with Crippen LogP contribution in [0.15, 0.2) is 77.4 Å². The molecular weight excluding hydrogens is 419 g/mol. The molecule has 0 radical (unpaired) electrons. The highest BCUT2D eigenvalue weighted by Crippen LogP contribution is 2.46. The molecule has 4 nitrogen and oxygen atoms in total. The second kappa shape index (κ2) is 8.15. The molecule has 2 aliphatic heterocycles. The van der Waals surface area contributed by atoms with E-state index < -0.39 is 12.0 Å². The average molecular weight is 441 g/mol. The van der Waals surface area contributed by atoms with Crippen LogP contribution in [0.2, 0.25) is 0 Å². The van der Waals surface area contributed by atoms with Crippen LogP contribution in [0.25, 0.3) is 16.9 Å². The summed E-state index contributed by atoms with van der Waals surface area (Å²) in [4.78, 5) is 0. The molecule has 1 aromatic heterocycles. The maximum atomic E-state index is 12.9. The number of halogens is 3. The normalized spacial score (nSPS) is 23.3. The van der Waals surface area contributed by atoms with Gasteiger partial charge in [-0.05, 0) is 72.5 Å². The third-order valence-electron chi connectivity index (χ3n) is 5.99. The standard InChI is InChI=1S/C25H22F3NO3/c26-25(27,28)32-19-9-10-20(22-8-4-13-30-22)21(14-19)18-15-24(31-16-18)11-5-12-29-23(24)17-6-2-1-3-7-17/h1-4,6-10,13-15,23,29H,5,11-12,16H2/t23-,24+/m0/s1. The topological polar surface area (TPSA) is 43.6 Å². The molecule has 0 amide bonds. The van der Waals surface area contributed by atoms with Gasteiger partial charge in [-0.25, -0.2) is 0 Å². The molecule has 3 heterocycles. The van der Waals surface area contributed by atoms with E-state index in [0.717, 1.165) is 30.5 Å². The molecule has 1 saturated heterocycles. The van der Waals surface area contributed by atoms with Crippen LogP contribution in [0.1, 0.15) is 30.0 Å². The zero-order chi connectivity index (χ0) is 22.2. The molecule has 0 saturated carbocycles. The predicted octanol–water partition coefficient (Wildman–Crippen LogP) is 6.12. The summed E-state index contributed by atoms with van der Waals surface area (Å²) in [6, 6.07) is 17.9. The molecule has 32 heavy (non-hydrogen) atoms. The van der Waals surface area contributed by atoms with Gasteiger partial charge < -0.3 is 19.2 Å². The van der Waals surface area contributed by atoms with Gasteiger partial charge in [0, 0.05) is 5.56 Å². The maximum Gasteiger partial charge on any atom is 0.573 e. The minimum absolute atomic E-state index is 0.0448. The smallest absolute Gasteiger partial charge is 0.464 e. The van der Waals surface area contributed by atoms with Crippen LogP contribution in [0, 0.1) is 0 Å². The van der Waals surface area contributed by atoms with E-state index in [1.54, 1.807) is 18.2 Å². The van der Waals surface area contributed by atoms with Crippen LogP contribution in [-0.2, 0) is 4.74 Å². The van der Waals surface area contributed by atoms with Crippen LogP contribution in [0.5, 0.6) is 5.75 Å². The Labute approximate surface area is 183 Å². The van der Waals surface area contributed by atoms with Crippen LogP contribution < -0.4 is 10.1 Å². The number of furan rings is 1. The summed E-state index contributed by atoms with van der Waals surface area (Å²) in [7, 11) is 0. The third kappa shape index (κ3) is 4.06. The van der Waals surface area contributed by atoms with Gasteiger partial charge in [-0.15, -0.1) is 13.2 Å². The molecular formula is C25H22F3NO3. The lowest BCUT2D eigenvalue weighted by molar-refractivity contribution is -0.274. The minimum atomic E-state index is -4.77. The van der Waals surface area contributed by atoms with Gasteiger partial charge in [0.1, 0.15) is 17.1 Å². The number of hydrogen-bond acceptors (Lipinski definition) is 4. The Morgan fingerprint density at radius 2 is 1.84 bits per heavy atom. The molecule has 166 valence electrons. The first-order chi connectivity index (χ1) is 15.4. The van der Waals surface area contributed by atoms with Crippen molar-refractivity contribution in [2.75, 3.05) is 13.2 Å². The number of hydrogen-bond donors (Lipinski definition) is 1. The van der Waals surface area contributed by atoms with E-state index in [0.29, 0.717) is 16.9 Å². The third-order valence-corrected chi connectivity index (χ3v) is 5.99. The summed E-state index contributed by atoms with van der Waals surface area (Å²) in [5.74, 6) is 0.299. The monoisotopic (exact) mass is 441 g/mol. The Kier molecular flexibility index (Phi) is 5.31. The number of nitrogens with one attached hydrogen (secondary N) is 1. The molecule has 0 bridgehead atoms. The molecule has 2 aliphatic rings. The van der Waals surface area contributed by atoms with Crippen LogP contribution >= 0.6 is 0 Å². The molecule has 2 aromatic carbocycles. The van der Waals surface area contributed by atoms with Gasteiger partial charge in [-0.2, -0.15) is 0 Å². The lowest BCUT2D eigenvalue weighted by atomic mass is 9.81. The first-order valence-corrected chi connectivity index (χ1v) is 10.5. The van der Waals surface area contributed by atoms with Gasteiger partial charge in [0.2, 0.25) is 0 Å². The lowest BCUT2D eigenvalue weighted by Gasteiger charge is -2.40. The maximum absolute atomic E-state index is 12.9. The Morgan fingerprint density at radius 3 is 2.59 bits per heavy atom. The zero-order valence-corrected chi connectivity index (χ0v) is 17.2. The highest BCUT2D eigenvalue weighted by atomic mass is 19.4. The first-order valence-electron chi connectivity index (χ1n) is 10.5. The Hall–Kier alpha value is -3.03. The molecule has 3 aromatic rings. The highest BCUT2D eigenvalue weighted by Gasteiger charge is 2.44. The number of rotatable bonds is 4. The molecule has 7 heteroatoms. The van der Waals surface area contributed by atoms with E-state index in [-0.39, 0.29) is 18.4 Å². The Bertz CT molecular complexity index is 1110. The largest absolute Gasteiger partial charge is 0.573 e. The fourth-order valence-electron chi connectivity index (χ4n) is 4.66. The van der Waals surface area contributed by atoms with Crippen molar-refractivity contribution >= 4 is 5.57 Å². The summed E-state index contributed by atoms with van der Waals surface area (Å²) in [5, 5.41) is 3.56. The highest BCUT2D eigenvalue weighted by molar-refractivity contribution is 5.82. The lowest BCUT2D eigenvalue weighted by Crippen LogP contribution is -2.47. The summed E-state index contributed by atoms with van der Waals surface area (Å²) >= 11 is 0. The summed E-state index contributed by atoms with van der Waals surface area (Å²) in [6.07, 6.45) is 0.594. The second-order valence-corrected chi connectivity index (χ2v) is 8.05. The molecule has 0 aliphatic carbocycles. The molecule has 1 N–H and O–H groups in total. The Balaban J connectivity index is 1.58. The van der Waals surface area contributed by atoms with E-state index in [4.69, 9.17) is 9.15 Å². The van der Waals surface area contributed by atoms with Crippen molar-refractivity contribution in [3.05, 3.63) is 84.1 Å². The average Bonchev–Trinajstić information content (AvgIpc) is 3.45. The van der Waals surface area contributed by atoms with E-state index >= 15 is 0 Å². The fourth-order valence-corrected chi connectivity index (χ4v) is 4.66. The molecule has 0 unspecified atom stereocenters. The fraction of sp³-hybridized carbons (Fsp3) is 0.280. The van der Waals surface area contributed by atoms with E-state index in [9.17, 15) is 13.2 Å². The van der Waals surface area contributed by atoms with Crippen molar-refractivity contribution < 1.29 is 27.1 Å². The number of ether oxygens (including phenoxy) is 2. The van der Waals surface area contributed by atoms with Crippen molar-refractivity contribution in [3.63, 3.8) is 0 Å². The molecule has 1 fully saturated rings. The second-order valence-electron chi connectivity index (χ2n) is 8.05. The van der Waals surface area contributed by atoms with E-state index in [1.165, 1.54) is 18.4 Å². The molecule has 1 spiro atoms. The van der Waals surface area contributed by atoms with Crippen molar-refractivity contribution in [2.24, 2.45) is 0 Å². The van der Waals surface area contributed by atoms with Crippen molar-refractivity contribution in [1.82, 2.24) is 5.32 Å². The molecule has 5 rings (SSSR count). The van der Waals surface area contributed by atoms with Gasteiger partial charge in [-0.1, -0.05) is 30.3 Å². The van der Waals surface area contributed by atoms with Gasteiger partial charge in [0.15, 0.2) is 0 Å². The molecule has 2 atom stereocenters. The van der Waals surface area contributed by atoms with Gasteiger partial charge in [-0.3, -0.25) is 0 Å².